The number of alkyl halides is 1. The summed E-state index contributed by atoms with van der Waals surface area (Å²) in [7, 11) is 0. The molecule has 1 N–H and O–H groups in total. The number of halogens is 1. The Bertz CT molecular complexity index is 1100. The third-order valence-electron chi connectivity index (χ3n) is 11.0. The third-order valence-corrected chi connectivity index (χ3v) is 11.0. The minimum atomic E-state index is -1.10. The number of aromatic nitrogens is 3. The number of carbonyl (C=O) groups excluding carboxylic acids is 1. The molecule has 5 aliphatic carbocycles. The van der Waals surface area contributed by atoms with Crippen molar-refractivity contribution in [3.63, 3.8) is 0 Å². The zero-order valence-electron chi connectivity index (χ0n) is 19.4. The maximum atomic E-state index is 16.6. The molecule has 2 aromatic rings. The van der Waals surface area contributed by atoms with Crippen LogP contribution in [-0.2, 0) is 11.3 Å². The number of Topliss-reactive ketones (excluding diaryl/α,β-unsaturated/α-hetero) is 1. The summed E-state index contributed by atoms with van der Waals surface area (Å²) >= 11 is 0. The van der Waals surface area contributed by atoms with Crippen LogP contribution >= 0.6 is 0 Å². The highest BCUT2D eigenvalue weighted by Crippen LogP contribution is 2.71. The molecule has 1 aromatic heterocycles. The van der Waals surface area contributed by atoms with Gasteiger partial charge in [-0.3, -0.25) is 4.79 Å². The van der Waals surface area contributed by atoms with Gasteiger partial charge in [0.25, 0.3) is 0 Å². The van der Waals surface area contributed by atoms with E-state index < -0.39 is 11.3 Å². The summed E-state index contributed by atoms with van der Waals surface area (Å²) in [5, 5.41) is 19.6. The molecule has 1 unspecified atom stereocenters. The maximum absolute atomic E-state index is 16.6. The predicted molar refractivity (Wildman–Crippen MR) is 122 cm³/mol. The second kappa shape index (κ2) is 6.65. The number of rotatable bonds is 3. The van der Waals surface area contributed by atoms with Gasteiger partial charge in [-0.2, -0.15) is 15.0 Å². The Morgan fingerprint density at radius 1 is 1.00 bits per heavy atom. The molecule has 6 heteroatoms. The molecular weight excluding hydrogens is 417 g/mol. The largest absolute Gasteiger partial charge is 0.390 e. The molecule has 1 heterocycles. The van der Waals surface area contributed by atoms with E-state index >= 15 is 4.39 Å². The monoisotopic (exact) mass is 451 g/mol. The lowest BCUT2D eigenvalue weighted by molar-refractivity contribution is -0.153. The lowest BCUT2D eigenvalue weighted by Gasteiger charge is -2.58. The smallest absolute Gasteiger partial charge is 0.159 e. The van der Waals surface area contributed by atoms with Crippen LogP contribution in [0.25, 0.3) is 11.0 Å². The first-order valence-corrected chi connectivity index (χ1v) is 13.1. The van der Waals surface area contributed by atoms with Crippen molar-refractivity contribution in [3.05, 3.63) is 24.3 Å². The van der Waals surface area contributed by atoms with Crippen LogP contribution in [0, 0.1) is 40.9 Å². The van der Waals surface area contributed by atoms with E-state index in [0.717, 1.165) is 56.0 Å². The first-order valence-electron chi connectivity index (χ1n) is 13.1. The van der Waals surface area contributed by atoms with E-state index in [1.165, 1.54) is 0 Å². The quantitative estimate of drug-likeness (QED) is 0.733. The van der Waals surface area contributed by atoms with Crippen molar-refractivity contribution in [2.45, 2.75) is 82.5 Å². The molecule has 9 atom stereocenters. The van der Waals surface area contributed by atoms with Gasteiger partial charge in [0, 0.05) is 5.92 Å². The van der Waals surface area contributed by atoms with Gasteiger partial charge in [0.1, 0.15) is 23.2 Å². The van der Waals surface area contributed by atoms with Crippen LogP contribution in [0.1, 0.15) is 64.7 Å². The van der Waals surface area contributed by atoms with Gasteiger partial charge in [-0.25, -0.2) is 4.39 Å². The predicted octanol–water partition coefficient (Wildman–Crippen LogP) is 4.72. The first-order chi connectivity index (χ1) is 15.8. The van der Waals surface area contributed by atoms with Gasteiger partial charge in [-0.1, -0.05) is 19.1 Å². The van der Waals surface area contributed by atoms with Crippen molar-refractivity contribution in [2.75, 3.05) is 0 Å². The molecule has 5 aliphatic rings. The fourth-order valence-corrected chi connectivity index (χ4v) is 9.37. The Labute approximate surface area is 194 Å². The van der Waals surface area contributed by atoms with Gasteiger partial charge in [0.2, 0.25) is 0 Å². The Morgan fingerprint density at radius 2 is 1.73 bits per heavy atom. The van der Waals surface area contributed by atoms with Gasteiger partial charge in [-0.15, -0.1) is 0 Å². The third kappa shape index (κ3) is 2.76. The summed E-state index contributed by atoms with van der Waals surface area (Å²) in [6.07, 6.45) is 7.76. The fourth-order valence-electron chi connectivity index (χ4n) is 9.37. The Hall–Kier alpha value is -1.82. The molecule has 33 heavy (non-hydrogen) atoms. The number of benzene rings is 1. The number of hydrogen-bond acceptors (Lipinski definition) is 4. The zero-order chi connectivity index (χ0) is 22.6. The first kappa shape index (κ1) is 20.5. The molecule has 5 fully saturated rings. The summed E-state index contributed by atoms with van der Waals surface area (Å²) in [5.41, 5.74) is -0.0448. The molecule has 0 amide bonds. The van der Waals surface area contributed by atoms with E-state index in [1.807, 2.05) is 24.3 Å². The average molecular weight is 452 g/mol. The van der Waals surface area contributed by atoms with Crippen LogP contribution in [0.15, 0.2) is 24.3 Å². The molecule has 0 bridgehead atoms. The van der Waals surface area contributed by atoms with E-state index in [9.17, 15) is 9.90 Å². The van der Waals surface area contributed by atoms with Crippen molar-refractivity contribution in [3.8, 4) is 0 Å². The molecule has 5 nitrogen and oxygen atoms in total. The van der Waals surface area contributed by atoms with E-state index in [0.29, 0.717) is 24.7 Å². The minimum absolute atomic E-state index is 0.0192. The lowest BCUT2D eigenvalue weighted by Crippen LogP contribution is -2.57. The van der Waals surface area contributed by atoms with Crippen LogP contribution < -0.4 is 0 Å². The van der Waals surface area contributed by atoms with Crippen molar-refractivity contribution >= 4 is 16.8 Å². The van der Waals surface area contributed by atoms with Crippen molar-refractivity contribution < 1.29 is 14.3 Å². The summed E-state index contributed by atoms with van der Waals surface area (Å²) in [4.78, 5) is 15.0. The van der Waals surface area contributed by atoms with Crippen LogP contribution in [0.4, 0.5) is 4.39 Å². The van der Waals surface area contributed by atoms with Gasteiger partial charge in [0.05, 0.1) is 5.60 Å². The number of fused-ring (bicyclic) bond motifs is 8. The maximum Gasteiger partial charge on any atom is 0.159 e. The minimum Gasteiger partial charge on any atom is -0.390 e. The standard InChI is InChI=1S/C27H34FN3O2/c1-25-11-10-18-16(6-7-19-21-14-26(21,33)12-13-27(18,19)28)17(25)8-9-20(25)24(32)15-31-29-22-4-2-3-5-23(22)30-31/h2-5,16-21,33H,6-15H2,1H3/t16-,17-,18-,19+,20+,21?,25-,26-,27-/m0/s1. The second-order valence-electron chi connectivity index (χ2n) is 12.3. The topological polar surface area (TPSA) is 68.0 Å². The average Bonchev–Trinajstić information content (AvgIpc) is 3.13. The number of ketones is 1. The zero-order valence-corrected chi connectivity index (χ0v) is 19.4. The molecule has 0 saturated heterocycles. The van der Waals surface area contributed by atoms with E-state index in [1.54, 1.807) is 4.80 Å². The number of carbonyl (C=O) groups is 1. The Kier molecular flexibility index (Phi) is 4.14. The van der Waals surface area contributed by atoms with Gasteiger partial charge in [0.15, 0.2) is 5.78 Å². The fraction of sp³-hybridized carbons (Fsp3) is 0.741. The molecular formula is C27H34FN3O2. The molecule has 7 rings (SSSR count). The molecule has 5 saturated carbocycles. The highest BCUT2D eigenvalue weighted by atomic mass is 19.1. The molecule has 1 aromatic carbocycles. The van der Waals surface area contributed by atoms with Crippen LogP contribution in [0.3, 0.4) is 0 Å². The van der Waals surface area contributed by atoms with E-state index in [-0.39, 0.29) is 41.4 Å². The lowest BCUT2D eigenvalue weighted by atomic mass is 9.48. The number of hydrogen-bond donors (Lipinski definition) is 1. The van der Waals surface area contributed by atoms with Crippen LogP contribution in [0.2, 0.25) is 0 Å². The van der Waals surface area contributed by atoms with Crippen LogP contribution in [0.5, 0.6) is 0 Å². The normalized spacial score (nSPS) is 48.0. The van der Waals surface area contributed by atoms with Crippen molar-refractivity contribution in [1.29, 1.82) is 0 Å². The molecule has 0 radical (unpaired) electrons. The number of aliphatic hydroxyl groups is 1. The van der Waals surface area contributed by atoms with E-state index in [4.69, 9.17) is 0 Å². The van der Waals surface area contributed by atoms with Crippen molar-refractivity contribution in [2.24, 2.45) is 40.9 Å². The van der Waals surface area contributed by atoms with Crippen LogP contribution in [-0.4, -0.2) is 37.2 Å². The summed E-state index contributed by atoms with van der Waals surface area (Å²) in [6, 6.07) is 7.72. The molecule has 0 spiro atoms. The number of nitrogens with zero attached hydrogens (tertiary/aromatic N) is 3. The molecule has 176 valence electrons. The summed E-state index contributed by atoms with van der Waals surface area (Å²) < 4.78 is 16.6. The second-order valence-corrected chi connectivity index (χ2v) is 12.3. The Morgan fingerprint density at radius 3 is 2.48 bits per heavy atom. The molecule has 0 aliphatic heterocycles. The SMILES string of the molecule is C[C@]12CC[C@H]3[C@@H](CC[C@@H]4C5C[C@@]5(O)CC[C@@]43F)[C@@H]1CC[C@@H]2C(=O)Cn1nc2ccccc2n1. The van der Waals surface area contributed by atoms with Gasteiger partial charge >= 0.3 is 0 Å². The van der Waals surface area contributed by atoms with E-state index in [2.05, 4.69) is 17.1 Å². The van der Waals surface area contributed by atoms with Crippen molar-refractivity contribution in [1.82, 2.24) is 15.0 Å². The summed E-state index contributed by atoms with van der Waals surface area (Å²) in [6.45, 7) is 2.54. The summed E-state index contributed by atoms with van der Waals surface area (Å²) in [5.74, 6) is 1.45. The Balaban J connectivity index is 1.11. The van der Waals surface area contributed by atoms with Gasteiger partial charge < -0.3 is 5.11 Å². The van der Waals surface area contributed by atoms with Gasteiger partial charge in [-0.05, 0) is 105 Å². The highest BCUT2D eigenvalue weighted by Gasteiger charge is 2.71. The highest BCUT2D eigenvalue weighted by molar-refractivity contribution is 5.82.